The van der Waals surface area contributed by atoms with E-state index in [9.17, 15) is 27.4 Å². The Morgan fingerprint density at radius 1 is 0.180 bits per heavy atom. The van der Waals surface area contributed by atoms with Gasteiger partial charge in [0.2, 0.25) is 0 Å². The van der Waals surface area contributed by atoms with Gasteiger partial charge in [0.25, 0.3) is 0 Å². The first-order valence-electron chi connectivity index (χ1n) is 38.7. The molecule has 0 unspecified atom stereocenters. The monoisotopic (exact) mass is 2190 g/mol. The van der Waals surface area contributed by atoms with Crippen molar-refractivity contribution in [2.24, 2.45) is 0 Å². The van der Waals surface area contributed by atoms with Crippen molar-refractivity contribution >= 4 is 45.6 Å². The van der Waals surface area contributed by atoms with E-state index in [0.717, 1.165) is 33.4 Å². The van der Waals surface area contributed by atoms with E-state index in [-0.39, 0.29) is 155 Å². The van der Waals surface area contributed by atoms with E-state index < -0.39 is 76.1 Å². The van der Waals surface area contributed by atoms with Gasteiger partial charge in [0.05, 0.1) is 141 Å². The summed E-state index contributed by atoms with van der Waals surface area (Å²) in [5, 5.41) is 88.5. The zero-order chi connectivity index (χ0) is 98.8. The summed E-state index contributed by atoms with van der Waals surface area (Å²) in [4.78, 5) is 49.5. The molecule has 6 aromatic rings. The van der Waals surface area contributed by atoms with E-state index in [2.05, 4.69) is 0 Å². The van der Waals surface area contributed by atoms with Crippen molar-refractivity contribution in [1.29, 1.82) is 0 Å². The Labute approximate surface area is 816 Å². The SMILES string of the molecule is CC(C)OP(=O)(Cc1ccccc1)OC(C)C.CC(C)OP(=O)(Cc1ccccc1)OC(C)C.CC(C)OP(=O)(Cc1ccccc1)OC(C)C.CC(C)OP(=O)(Cc1ccccc1)OC(C)C.CC(C)OP(=O)(Cc1ccccc1)OC(C)C.CC(C)OP(=O)(Cc1ccccc1)OC(C)C.O=[N+]([O-])[O-].O=[N+]([O-])[O-].O=[N+]([O-])[O-].O=[N+]([O-])[O-].O=[N+]([O-])[O-].O=[N+]([O-])[O-].[Nd+3].[Nd+3]. The van der Waals surface area contributed by atoms with E-state index in [1.54, 1.807) is 0 Å². The first-order chi connectivity index (χ1) is 57.9. The maximum absolute atomic E-state index is 12.6. The third-order valence-electron chi connectivity index (χ3n) is 11.8. The van der Waals surface area contributed by atoms with Crippen molar-refractivity contribution in [2.45, 2.75) is 276 Å². The molecular weight excluding hydrogens is 2070 g/mol. The Balaban J connectivity index is -0.000000213. The summed E-state index contributed by atoms with van der Waals surface area (Å²) in [6.45, 7) is 44.7. The van der Waals surface area contributed by atoms with Crippen LogP contribution in [-0.4, -0.2) is 104 Å². The third kappa shape index (κ3) is 97.6. The van der Waals surface area contributed by atoms with Gasteiger partial charge in [-0.2, -0.15) is 0 Å². The maximum Gasteiger partial charge on any atom is 3.00 e. The van der Waals surface area contributed by atoms with Gasteiger partial charge in [-0.05, 0) is 200 Å². The second-order valence-corrected chi connectivity index (χ2v) is 40.5. The number of nitrogens with zero attached hydrogens (tertiary/aromatic N) is 6. The third-order valence-corrected chi connectivity index (χ3v) is 25.2. The van der Waals surface area contributed by atoms with Crippen LogP contribution >= 0.6 is 45.6 Å². The minimum Gasteiger partial charge on any atom is -0.356 e. The van der Waals surface area contributed by atoms with Crippen LogP contribution < -0.4 is 0 Å². The molecule has 0 spiro atoms. The van der Waals surface area contributed by atoms with Crippen molar-refractivity contribution in [2.75, 3.05) is 0 Å². The molecule has 0 heterocycles. The minimum absolute atomic E-state index is 0. The minimum atomic E-state index is -3.05. The second kappa shape index (κ2) is 77.5. The summed E-state index contributed by atoms with van der Waals surface area (Å²) in [5.41, 5.74) is 5.82. The fourth-order valence-electron chi connectivity index (χ4n) is 9.29. The van der Waals surface area contributed by atoms with E-state index in [4.69, 9.17) is 146 Å². The standard InChI is InChI=1S/6C13H21O3P.6NO3.2Nd/c6*1-11(2)15-17(14,16-12(3)4)10-13-8-6-5-7-9-13;6*2-1(3)4;;/h6*5-9,11-12H,10H2,1-4H3;;;;;;;;/q;;;;;;6*-1;2*+3. The molecule has 2 radical (unpaired) electrons. The van der Waals surface area contributed by atoms with Crippen LogP contribution in [-0.2, 0) is 119 Å². The van der Waals surface area contributed by atoms with Crippen LogP contribution in [0.1, 0.15) is 200 Å². The topological polar surface area (TPSA) is 610 Å². The largest absolute Gasteiger partial charge is 3.00 e. The van der Waals surface area contributed by atoms with E-state index in [0.29, 0.717) is 37.0 Å². The number of hydrogen-bond acceptors (Lipinski definition) is 36. The molecule has 6 aromatic carbocycles. The molecule has 0 aliphatic heterocycles. The van der Waals surface area contributed by atoms with Crippen molar-refractivity contribution in [3.8, 4) is 0 Å². The van der Waals surface area contributed by atoms with Gasteiger partial charge >= 0.3 is 127 Å². The summed E-state index contributed by atoms with van der Waals surface area (Å²) in [5.74, 6) is 0. The van der Waals surface area contributed by atoms with Gasteiger partial charge in [-0.15, -0.1) is 0 Å². The number of rotatable bonds is 36. The Morgan fingerprint density at radius 2 is 0.242 bits per heavy atom. The number of hydrogen-bond donors (Lipinski definition) is 0. The molecule has 0 aliphatic carbocycles. The molecule has 128 heavy (non-hydrogen) atoms. The summed E-state index contributed by atoms with van der Waals surface area (Å²) in [6.07, 6.45) is 0.645. The van der Waals surface area contributed by atoms with Crippen LogP contribution in [0.5, 0.6) is 0 Å². The molecule has 0 atom stereocenters. The summed E-state index contributed by atoms with van der Waals surface area (Å²) >= 11 is 0. The zero-order valence-electron chi connectivity index (χ0n) is 76.6. The van der Waals surface area contributed by atoms with Crippen molar-refractivity contribution in [3.63, 3.8) is 0 Å². The zero-order valence-corrected chi connectivity index (χ0v) is 88.3. The van der Waals surface area contributed by atoms with Gasteiger partial charge in [0.1, 0.15) is 0 Å². The van der Waals surface area contributed by atoms with Crippen molar-refractivity contribution in [3.05, 3.63) is 307 Å². The van der Waals surface area contributed by atoms with Gasteiger partial charge in [-0.1, -0.05) is 182 Å². The average molecular weight is 2200 g/mol. The second-order valence-electron chi connectivity index (χ2n) is 28.7. The molecule has 50 heteroatoms. The van der Waals surface area contributed by atoms with E-state index in [1.165, 1.54) is 0 Å². The van der Waals surface area contributed by atoms with Gasteiger partial charge in [-0.3, -0.25) is 27.4 Å². The molecule has 42 nitrogen and oxygen atoms in total. The first-order valence-corrected chi connectivity index (χ1v) is 49.1. The fourth-order valence-corrected chi connectivity index (χ4v) is 22.1. The van der Waals surface area contributed by atoms with Crippen LogP contribution in [0.2, 0.25) is 0 Å². The first kappa shape index (κ1) is 138. The molecule has 0 amide bonds. The molecule has 0 aromatic heterocycles. The Hall–Kier alpha value is -5.88. The van der Waals surface area contributed by atoms with Crippen LogP contribution in [0.3, 0.4) is 0 Å². The normalized spacial score (nSPS) is 11.0. The smallest absolute Gasteiger partial charge is 0.356 e. The molecular formula is C78H126N6Nd2O36P6. The Morgan fingerprint density at radius 3 is 0.297 bits per heavy atom. The van der Waals surface area contributed by atoms with Crippen molar-refractivity contribution < 1.29 is 194 Å². The van der Waals surface area contributed by atoms with Crippen LogP contribution in [0.4, 0.5) is 0 Å². The Bertz CT molecular complexity index is 3360. The molecule has 0 bridgehead atoms. The molecule has 0 aliphatic rings. The number of benzene rings is 6. The summed E-state index contributed by atoms with van der Waals surface area (Å²) in [7, 11) is -18.3. The van der Waals surface area contributed by atoms with Gasteiger partial charge in [0.15, 0.2) is 0 Å². The predicted octanol–water partition coefficient (Wildman–Crippen LogP) is 23.9. The maximum atomic E-state index is 12.6. The molecule has 0 saturated heterocycles. The van der Waals surface area contributed by atoms with Crippen LogP contribution in [0, 0.1) is 174 Å². The van der Waals surface area contributed by atoms with Gasteiger partial charge in [-0.25, -0.2) is 0 Å². The molecule has 0 fully saturated rings. The van der Waals surface area contributed by atoms with E-state index >= 15 is 0 Å². The molecule has 6 rings (SSSR count). The van der Waals surface area contributed by atoms with Gasteiger partial charge < -0.3 is 146 Å². The Kier molecular flexibility index (Phi) is 83.3. The van der Waals surface area contributed by atoms with Gasteiger partial charge in [0, 0.05) is 0 Å². The average Bonchev–Trinajstić information content (AvgIpc) is 0.887. The van der Waals surface area contributed by atoms with Crippen LogP contribution in [0.25, 0.3) is 0 Å². The van der Waals surface area contributed by atoms with Crippen LogP contribution in [0.15, 0.2) is 182 Å². The van der Waals surface area contributed by atoms with Crippen molar-refractivity contribution in [1.82, 2.24) is 0 Å². The molecule has 0 N–H and O–H groups in total. The summed E-state index contributed by atoms with van der Waals surface area (Å²) in [6, 6.07) is 57.8. The summed E-state index contributed by atoms with van der Waals surface area (Å²) < 4.78 is 141. The predicted molar refractivity (Wildman–Crippen MR) is 483 cm³/mol. The van der Waals surface area contributed by atoms with E-state index in [1.807, 2.05) is 348 Å². The molecule has 0 saturated carbocycles. The molecule has 722 valence electrons. The quantitative estimate of drug-likeness (QED) is 0.0200. The fraction of sp³-hybridized carbons (Fsp3) is 0.538.